The first-order valence-electron chi connectivity index (χ1n) is 23.0. The van der Waals surface area contributed by atoms with Crippen LogP contribution >= 0.6 is 0 Å². The maximum absolute atomic E-state index is 15.4. The number of nitrogens with one attached hydrogen (secondary N) is 1. The first kappa shape index (κ1) is 46.0. The van der Waals surface area contributed by atoms with E-state index in [-0.39, 0.29) is 70.2 Å². The molecule has 3 amide bonds. The number of carbonyl (C=O) groups excluding carboxylic acids is 4. The van der Waals surface area contributed by atoms with Gasteiger partial charge in [-0.05, 0) is 77.1 Å². The molecule has 0 radical (unpaired) electrons. The van der Waals surface area contributed by atoms with Gasteiger partial charge in [-0.3, -0.25) is 29.1 Å². The fraction of sp³-hybridized carbons (Fsp3) is 0.543. The second-order valence-electron chi connectivity index (χ2n) is 18.5. The number of piperidine rings is 3. The molecular formula is C46H56F3N11O5S. The Labute approximate surface area is 384 Å². The zero-order valence-electron chi connectivity index (χ0n) is 37.4. The summed E-state index contributed by atoms with van der Waals surface area (Å²) in [7, 11) is 0. The number of benzene rings is 2. The number of halogens is 3. The van der Waals surface area contributed by atoms with Crippen molar-refractivity contribution in [3.63, 3.8) is 0 Å². The summed E-state index contributed by atoms with van der Waals surface area (Å²) in [6, 6.07) is 4.84. The van der Waals surface area contributed by atoms with Gasteiger partial charge in [0.1, 0.15) is 40.4 Å². The van der Waals surface area contributed by atoms with E-state index in [0.29, 0.717) is 55.4 Å². The van der Waals surface area contributed by atoms with E-state index in [1.54, 1.807) is 6.07 Å². The Hall–Kier alpha value is -5.15. The van der Waals surface area contributed by atoms with Crippen molar-refractivity contribution >= 4 is 58.0 Å². The van der Waals surface area contributed by atoms with Crippen molar-refractivity contribution in [1.29, 1.82) is 0 Å². The topological polar surface area (TPSA) is 189 Å². The van der Waals surface area contributed by atoms with Gasteiger partial charge in [0, 0.05) is 113 Å². The van der Waals surface area contributed by atoms with Gasteiger partial charge in [0.25, 0.3) is 11.8 Å². The number of likely N-dealkylation sites (tertiary alicyclic amines) is 2. The highest BCUT2D eigenvalue weighted by Gasteiger charge is 2.45. The van der Waals surface area contributed by atoms with E-state index >= 15 is 13.2 Å². The first-order chi connectivity index (χ1) is 31.7. The summed E-state index contributed by atoms with van der Waals surface area (Å²) in [6.07, 6.45) is 6.70. The number of nitrogens with two attached hydrogens (primary N) is 1. The van der Waals surface area contributed by atoms with Gasteiger partial charge in [0.05, 0.1) is 28.5 Å². The lowest BCUT2D eigenvalue weighted by atomic mass is 9.96. The van der Waals surface area contributed by atoms with Crippen LogP contribution in [0.1, 0.15) is 97.8 Å². The minimum atomic E-state index is -1.29. The van der Waals surface area contributed by atoms with Crippen molar-refractivity contribution in [2.24, 2.45) is 5.73 Å². The largest absolute Gasteiger partial charge is 0.598 e. The number of imidazole rings is 1. The summed E-state index contributed by atoms with van der Waals surface area (Å²) in [6.45, 7) is 11.8. The molecule has 9 rings (SSSR count). The second kappa shape index (κ2) is 18.9. The summed E-state index contributed by atoms with van der Waals surface area (Å²) in [4.78, 5) is 70.0. The molecule has 7 heterocycles. The van der Waals surface area contributed by atoms with Gasteiger partial charge in [-0.15, -0.1) is 4.31 Å². The average Bonchev–Trinajstić information content (AvgIpc) is 3.75. The van der Waals surface area contributed by atoms with Gasteiger partial charge in [0.15, 0.2) is 11.6 Å². The molecule has 0 spiro atoms. The Morgan fingerprint density at radius 2 is 1.53 bits per heavy atom. The summed E-state index contributed by atoms with van der Waals surface area (Å²) in [5.41, 5.74) is 6.74. The number of carbonyl (C=O) groups is 4. The maximum atomic E-state index is 15.4. The van der Waals surface area contributed by atoms with E-state index in [2.05, 4.69) is 34.4 Å². The van der Waals surface area contributed by atoms with E-state index in [1.807, 2.05) is 30.2 Å². The Kier molecular flexibility index (Phi) is 13.1. The van der Waals surface area contributed by atoms with E-state index in [9.17, 15) is 23.7 Å². The van der Waals surface area contributed by atoms with Crippen LogP contribution in [-0.4, -0.2) is 149 Å². The fourth-order valence-corrected chi connectivity index (χ4v) is 12.2. The smallest absolute Gasteiger partial charge is 0.262 e. The van der Waals surface area contributed by atoms with E-state index in [1.165, 1.54) is 12.1 Å². The third-order valence-corrected chi connectivity index (χ3v) is 16.1. The Balaban J connectivity index is 0.716. The molecule has 2 atom stereocenters. The molecule has 16 nitrogen and oxygen atoms in total. The van der Waals surface area contributed by atoms with Crippen LogP contribution in [0.5, 0.6) is 0 Å². The lowest BCUT2D eigenvalue weighted by Crippen LogP contribution is -2.62. The minimum Gasteiger partial charge on any atom is -0.598 e. The Bertz CT molecular complexity index is 2520. The normalized spacial score (nSPS) is 20.9. The van der Waals surface area contributed by atoms with Crippen LogP contribution in [0.2, 0.25) is 0 Å². The molecule has 20 heteroatoms. The van der Waals surface area contributed by atoms with E-state index in [0.717, 1.165) is 81.9 Å². The number of fused-ring (bicyclic) bond motifs is 2. The summed E-state index contributed by atoms with van der Waals surface area (Å²) in [5, 5.41) is 3.43. The SMILES string of the molecule is Cc1nc2c(F)cc(-c3nc(NC4CCN([S+]([O-])C5CCN(C6CCN(C7CN(c8cc9c(cc8F)C(=O)N(C(CCC=O)C(N)=O)C9=O)C7)CC6)CC5)CC4)ncc3F)cc2n1C(C)C. The average molecular weight is 932 g/mol. The molecule has 5 aliphatic heterocycles. The van der Waals surface area contributed by atoms with Crippen LogP contribution < -0.4 is 16.0 Å². The second-order valence-corrected chi connectivity index (χ2v) is 20.3. The van der Waals surface area contributed by atoms with Crippen LogP contribution in [0.15, 0.2) is 30.5 Å². The third-order valence-electron chi connectivity index (χ3n) is 14.2. The van der Waals surface area contributed by atoms with E-state index in [4.69, 9.17) is 5.73 Å². The third kappa shape index (κ3) is 8.77. The number of imide groups is 1. The maximum Gasteiger partial charge on any atom is 0.262 e. The molecule has 4 fully saturated rings. The summed E-state index contributed by atoms with van der Waals surface area (Å²) in [5.74, 6) is -3.29. The quantitative estimate of drug-likeness (QED) is 0.102. The van der Waals surface area contributed by atoms with Gasteiger partial charge in [-0.2, -0.15) is 0 Å². The van der Waals surface area contributed by atoms with Crippen LogP contribution in [-0.2, 0) is 21.0 Å². The Morgan fingerprint density at radius 3 is 2.18 bits per heavy atom. The molecule has 2 unspecified atom stereocenters. The number of anilines is 2. The molecule has 66 heavy (non-hydrogen) atoms. The van der Waals surface area contributed by atoms with Gasteiger partial charge in [-0.1, -0.05) is 0 Å². The zero-order valence-corrected chi connectivity index (χ0v) is 38.2. The van der Waals surface area contributed by atoms with Crippen molar-refractivity contribution in [2.45, 2.75) is 108 Å². The lowest BCUT2D eigenvalue weighted by Gasteiger charge is -2.50. The molecule has 2 aromatic carbocycles. The molecule has 3 N–H and O–H groups in total. The van der Waals surface area contributed by atoms with Crippen LogP contribution in [0.3, 0.4) is 0 Å². The first-order valence-corrected chi connectivity index (χ1v) is 24.2. The lowest BCUT2D eigenvalue weighted by molar-refractivity contribution is -0.122. The van der Waals surface area contributed by atoms with Crippen LogP contribution in [0.4, 0.5) is 24.8 Å². The minimum absolute atomic E-state index is 0.00545. The van der Waals surface area contributed by atoms with Crippen LogP contribution in [0, 0.1) is 24.4 Å². The van der Waals surface area contributed by atoms with Gasteiger partial charge in [-0.25, -0.2) is 28.1 Å². The van der Waals surface area contributed by atoms with Gasteiger partial charge in [0.2, 0.25) is 11.9 Å². The molecule has 5 aliphatic rings. The van der Waals surface area contributed by atoms with Crippen molar-refractivity contribution in [3.05, 3.63) is 64.9 Å². The molecule has 0 aliphatic carbocycles. The molecule has 4 aromatic rings. The van der Waals surface area contributed by atoms with Crippen molar-refractivity contribution in [1.82, 2.24) is 38.5 Å². The summed E-state index contributed by atoms with van der Waals surface area (Å²) < 4.78 is 63.6. The number of aryl methyl sites for hydroxylation is 1. The van der Waals surface area contributed by atoms with Crippen molar-refractivity contribution in [3.8, 4) is 11.3 Å². The predicted molar refractivity (Wildman–Crippen MR) is 243 cm³/mol. The zero-order chi connectivity index (χ0) is 46.6. The number of aromatic nitrogens is 4. The highest BCUT2D eigenvalue weighted by Crippen LogP contribution is 2.36. The number of aldehydes is 1. The fourth-order valence-electron chi connectivity index (χ4n) is 10.6. The molecular weight excluding hydrogens is 876 g/mol. The molecule has 0 bridgehead atoms. The molecule has 352 valence electrons. The van der Waals surface area contributed by atoms with E-state index < -0.39 is 52.6 Å². The summed E-state index contributed by atoms with van der Waals surface area (Å²) >= 11 is -1.11. The molecule has 0 saturated carbocycles. The van der Waals surface area contributed by atoms with Crippen LogP contribution in [0.25, 0.3) is 22.3 Å². The van der Waals surface area contributed by atoms with Gasteiger partial charge < -0.3 is 29.9 Å². The van der Waals surface area contributed by atoms with Gasteiger partial charge >= 0.3 is 0 Å². The number of primary amides is 1. The van der Waals surface area contributed by atoms with Crippen molar-refractivity contribution in [2.75, 3.05) is 62.6 Å². The highest BCUT2D eigenvalue weighted by molar-refractivity contribution is 7.89. The standard InChI is InChI=1S/C46H56F3N11O5S/c1-26(2)59-27(3)52-42-36(48)19-28(20-40(42)59)41-37(49)23-51-46(54-41)53-29-6-16-58(17-7-29)66(65)32-10-14-55(15-11-32)30-8-12-56(13-9-30)31-24-57(25-31)39-22-34-33(21-35(39)47)44(63)60(45(34)64)38(43(50)62)5-4-18-61/h18-23,26,29-32,38H,4-17,24-25H2,1-3H3,(H2,50,62)(H,51,53,54). The number of amides is 3. The molecule has 4 saturated heterocycles. The highest BCUT2D eigenvalue weighted by atomic mass is 32.2. The number of rotatable bonds is 14. The number of hydrogen-bond acceptors (Lipinski definition) is 13. The number of nitrogens with zero attached hydrogens (tertiary/aromatic N) is 9. The molecule has 2 aromatic heterocycles. The monoisotopic (exact) mass is 931 g/mol. The Morgan fingerprint density at radius 1 is 0.879 bits per heavy atom. The predicted octanol–water partition coefficient (Wildman–Crippen LogP) is 4.59. The number of hydrogen-bond donors (Lipinski definition) is 2. The van der Waals surface area contributed by atoms with Crippen molar-refractivity contribution < 1.29 is 36.9 Å².